The molecule has 0 saturated heterocycles. The van der Waals surface area contributed by atoms with Gasteiger partial charge in [-0.15, -0.1) is 0 Å². The summed E-state index contributed by atoms with van der Waals surface area (Å²) in [7, 11) is 0. The Kier molecular flexibility index (Phi) is 6.40. The molecule has 1 rings (SSSR count). The lowest BCUT2D eigenvalue weighted by molar-refractivity contribution is 0.00605. The fraction of sp³-hybridized carbons (Fsp3) is 0.529. The van der Waals surface area contributed by atoms with Gasteiger partial charge in [0.1, 0.15) is 12.2 Å². The predicted molar refractivity (Wildman–Crippen MR) is 84.8 cm³/mol. The largest absolute Gasteiger partial charge is 0.460 e. The van der Waals surface area contributed by atoms with Crippen molar-refractivity contribution in [3.8, 4) is 0 Å². The highest BCUT2D eigenvalue weighted by molar-refractivity contribution is 5.89. The van der Waals surface area contributed by atoms with E-state index in [2.05, 4.69) is 0 Å². The van der Waals surface area contributed by atoms with Gasteiger partial charge in [-0.3, -0.25) is 0 Å². The van der Waals surface area contributed by atoms with E-state index in [1.54, 1.807) is 29.2 Å². The molecular formula is C17H25NO4. The first kappa shape index (κ1) is 18.0. The van der Waals surface area contributed by atoms with Crippen LogP contribution < -0.4 is 0 Å². The SMILES string of the molecule is CCN(C(=O)OC(C)(C)C)[C@@H](C)COC(=O)c1ccccc1. The minimum absolute atomic E-state index is 0.126. The fourth-order valence-electron chi connectivity index (χ4n) is 1.89. The maximum atomic E-state index is 12.1. The Morgan fingerprint density at radius 1 is 1.18 bits per heavy atom. The molecule has 0 aliphatic carbocycles. The number of esters is 1. The summed E-state index contributed by atoms with van der Waals surface area (Å²) < 4.78 is 10.6. The van der Waals surface area contributed by atoms with E-state index < -0.39 is 17.7 Å². The van der Waals surface area contributed by atoms with Crippen molar-refractivity contribution in [2.45, 2.75) is 46.3 Å². The summed E-state index contributed by atoms with van der Waals surface area (Å²) in [4.78, 5) is 25.6. The molecule has 5 heteroatoms. The first-order valence-corrected chi connectivity index (χ1v) is 7.46. The highest BCUT2D eigenvalue weighted by atomic mass is 16.6. The standard InChI is InChI=1S/C17H25NO4/c1-6-18(16(20)22-17(3,4)5)13(2)12-21-15(19)14-10-8-7-9-11-14/h7-11,13H,6,12H2,1-5H3/t13-/m0/s1. The molecule has 0 N–H and O–H groups in total. The minimum Gasteiger partial charge on any atom is -0.460 e. The molecule has 0 aromatic heterocycles. The predicted octanol–water partition coefficient (Wildman–Crippen LogP) is 3.49. The molecule has 1 aromatic carbocycles. The second-order valence-corrected chi connectivity index (χ2v) is 6.08. The third-order valence-electron chi connectivity index (χ3n) is 2.97. The van der Waals surface area contributed by atoms with Gasteiger partial charge in [-0.25, -0.2) is 9.59 Å². The quantitative estimate of drug-likeness (QED) is 0.781. The zero-order valence-electron chi connectivity index (χ0n) is 14.0. The van der Waals surface area contributed by atoms with Crippen molar-refractivity contribution in [3.05, 3.63) is 35.9 Å². The lowest BCUT2D eigenvalue weighted by atomic mass is 10.2. The van der Waals surface area contributed by atoms with Crippen molar-refractivity contribution in [3.63, 3.8) is 0 Å². The lowest BCUT2D eigenvalue weighted by Crippen LogP contribution is -2.44. The molecule has 0 bridgehead atoms. The molecule has 0 unspecified atom stereocenters. The molecule has 5 nitrogen and oxygen atoms in total. The van der Waals surface area contributed by atoms with Gasteiger partial charge >= 0.3 is 12.1 Å². The topological polar surface area (TPSA) is 55.8 Å². The molecule has 0 aliphatic rings. The van der Waals surface area contributed by atoms with Gasteiger partial charge in [-0.2, -0.15) is 0 Å². The molecule has 0 saturated carbocycles. The maximum absolute atomic E-state index is 12.1. The van der Waals surface area contributed by atoms with Crippen molar-refractivity contribution in [2.24, 2.45) is 0 Å². The molecular weight excluding hydrogens is 282 g/mol. The fourth-order valence-corrected chi connectivity index (χ4v) is 1.89. The van der Waals surface area contributed by atoms with Crippen molar-refractivity contribution < 1.29 is 19.1 Å². The zero-order chi connectivity index (χ0) is 16.8. The van der Waals surface area contributed by atoms with Gasteiger partial charge in [-0.05, 0) is 46.8 Å². The number of benzene rings is 1. The third kappa shape index (κ3) is 5.76. The number of nitrogens with zero attached hydrogens (tertiary/aromatic N) is 1. The molecule has 0 fully saturated rings. The van der Waals surface area contributed by atoms with E-state index in [0.717, 1.165) is 0 Å². The van der Waals surface area contributed by atoms with Gasteiger partial charge in [0.2, 0.25) is 0 Å². The van der Waals surface area contributed by atoms with Crippen molar-refractivity contribution in [1.82, 2.24) is 4.90 Å². The van der Waals surface area contributed by atoms with Gasteiger partial charge in [0.05, 0.1) is 11.6 Å². The molecule has 122 valence electrons. The van der Waals surface area contributed by atoms with Crippen LogP contribution in [0.3, 0.4) is 0 Å². The third-order valence-corrected chi connectivity index (χ3v) is 2.97. The summed E-state index contributed by atoms with van der Waals surface area (Å²) in [5, 5.41) is 0. The first-order chi connectivity index (χ1) is 10.2. The summed E-state index contributed by atoms with van der Waals surface area (Å²) in [5.74, 6) is -0.396. The molecule has 0 spiro atoms. The highest BCUT2D eigenvalue weighted by Gasteiger charge is 2.25. The molecule has 1 atom stereocenters. The number of amides is 1. The summed E-state index contributed by atoms with van der Waals surface area (Å²) >= 11 is 0. The molecule has 22 heavy (non-hydrogen) atoms. The van der Waals surface area contributed by atoms with Crippen LogP contribution in [0.4, 0.5) is 4.79 Å². The van der Waals surface area contributed by atoms with Gasteiger partial charge in [0, 0.05) is 6.54 Å². The van der Waals surface area contributed by atoms with Gasteiger partial charge in [0.15, 0.2) is 0 Å². The van der Waals surface area contributed by atoms with Crippen LogP contribution >= 0.6 is 0 Å². The van der Waals surface area contributed by atoms with E-state index in [-0.39, 0.29) is 12.6 Å². The van der Waals surface area contributed by atoms with Crippen LogP contribution in [-0.2, 0) is 9.47 Å². The Bertz CT molecular complexity index is 493. The van der Waals surface area contributed by atoms with E-state index >= 15 is 0 Å². The Hall–Kier alpha value is -2.04. The van der Waals surface area contributed by atoms with Crippen LogP contribution in [0.2, 0.25) is 0 Å². The second-order valence-electron chi connectivity index (χ2n) is 6.08. The van der Waals surface area contributed by atoms with Gasteiger partial charge in [-0.1, -0.05) is 18.2 Å². The monoisotopic (exact) mass is 307 g/mol. The molecule has 0 aliphatic heterocycles. The van der Waals surface area contributed by atoms with E-state index in [9.17, 15) is 9.59 Å². The Labute approximate surface area is 132 Å². The smallest absolute Gasteiger partial charge is 0.410 e. The summed E-state index contributed by atoms with van der Waals surface area (Å²) in [6, 6.07) is 8.52. The minimum atomic E-state index is -0.551. The Morgan fingerprint density at radius 2 is 1.77 bits per heavy atom. The van der Waals surface area contributed by atoms with Crippen molar-refractivity contribution in [2.75, 3.05) is 13.2 Å². The van der Waals surface area contributed by atoms with Crippen LogP contribution in [0.5, 0.6) is 0 Å². The Balaban J connectivity index is 2.57. The van der Waals surface area contributed by atoms with Crippen molar-refractivity contribution in [1.29, 1.82) is 0 Å². The second kappa shape index (κ2) is 7.82. The summed E-state index contributed by atoms with van der Waals surface area (Å²) in [6.07, 6.45) is -0.404. The molecule has 0 radical (unpaired) electrons. The van der Waals surface area contributed by atoms with Gasteiger partial charge < -0.3 is 14.4 Å². The summed E-state index contributed by atoms with van der Waals surface area (Å²) in [6.45, 7) is 9.75. The summed E-state index contributed by atoms with van der Waals surface area (Å²) in [5.41, 5.74) is -0.0553. The maximum Gasteiger partial charge on any atom is 0.410 e. The van der Waals surface area contributed by atoms with E-state index in [1.807, 2.05) is 40.7 Å². The average Bonchev–Trinajstić information content (AvgIpc) is 2.44. The number of rotatable bonds is 5. The molecule has 0 heterocycles. The highest BCUT2D eigenvalue weighted by Crippen LogP contribution is 2.12. The van der Waals surface area contributed by atoms with E-state index in [4.69, 9.17) is 9.47 Å². The van der Waals surface area contributed by atoms with Crippen LogP contribution in [0, 0.1) is 0 Å². The number of hydrogen-bond donors (Lipinski definition) is 0. The van der Waals surface area contributed by atoms with E-state index in [1.165, 1.54) is 0 Å². The molecule has 1 aromatic rings. The Morgan fingerprint density at radius 3 is 2.27 bits per heavy atom. The van der Waals surface area contributed by atoms with Crippen LogP contribution in [-0.4, -0.2) is 41.8 Å². The number of ether oxygens (including phenoxy) is 2. The normalized spacial score (nSPS) is 12.4. The van der Waals surface area contributed by atoms with Crippen LogP contribution in [0.25, 0.3) is 0 Å². The number of carbonyl (C=O) groups excluding carboxylic acids is 2. The van der Waals surface area contributed by atoms with E-state index in [0.29, 0.717) is 12.1 Å². The van der Waals surface area contributed by atoms with Crippen molar-refractivity contribution >= 4 is 12.1 Å². The first-order valence-electron chi connectivity index (χ1n) is 7.46. The van der Waals surface area contributed by atoms with Gasteiger partial charge in [0.25, 0.3) is 0 Å². The molecule has 1 amide bonds. The number of carbonyl (C=O) groups is 2. The zero-order valence-corrected chi connectivity index (χ0v) is 14.0. The van der Waals surface area contributed by atoms with Crippen LogP contribution in [0.15, 0.2) is 30.3 Å². The lowest BCUT2D eigenvalue weighted by Gasteiger charge is -2.30. The average molecular weight is 307 g/mol. The van der Waals surface area contributed by atoms with Crippen LogP contribution in [0.1, 0.15) is 45.0 Å². The number of hydrogen-bond acceptors (Lipinski definition) is 4. The number of likely N-dealkylation sites (N-methyl/N-ethyl adjacent to an activating group) is 1.